The van der Waals surface area contributed by atoms with Gasteiger partial charge in [-0.3, -0.25) is 14.5 Å². The van der Waals surface area contributed by atoms with Gasteiger partial charge in [0.1, 0.15) is 6.04 Å². The van der Waals surface area contributed by atoms with Crippen molar-refractivity contribution in [2.45, 2.75) is 127 Å². The summed E-state index contributed by atoms with van der Waals surface area (Å²) >= 11 is 0. The van der Waals surface area contributed by atoms with E-state index in [9.17, 15) is 172 Å². The molecule has 0 rings (SSSR count). The second kappa shape index (κ2) is 19.0. The maximum Gasteiger partial charge on any atom is 0.490 e. The minimum atomic E-state index is -9.28. The molecule has 0 radical (unpaired) electrons. The van der Waals surface area contributed by atoms with Gasteiger partial charge in [-0.15, -0.1) is 0 Å². The fourth-order valence-electron chi connectivity index (χ4n) is 4.24. The van der Waals surface area contributed by atoms with Crippen molar-refractivity contribution in [3.63, 3.8) is 0 Å². The first kappa shape index (κ1) is 67.9. The number of aliphatic carboxylic acids is 3. The van der Waals surface area contributed by atoms with Crippen LogP contribution < -0.4 is 0 Å². The Bertz CT molecular complexity index is 1740. The van der Waals surface area contributed by atoms with Crippen molar-refractivity contribution >= 4 is 17.9 Å². The number of carboxylic acids is 3. The largest absolute Gasteiger partial charge is 0.490 e. The Hall–Kier alpha value is -4.22. The molecule has 0 fully saturated rings. The first-order chi connectivity index (χ1) is 29.8. The van der Waals surface area contributed by atoms with Crippen LogP contribution in [0.4, 0.5) is 162 Å². The molecule has 0 unspecified atom stereocenters. The highest BCUT2D eigenvalue weighted by molar-refractivity contribution is 5.80. The predicted octanol–water partition coefficient (Wildman–Crippen LogP) is 11.6. The SMILES string of the molecule is O=C(O)C(F)(F)F.O=C(O)C[C@@H](C(=O)O)N(CCC(F)(F)C(F)(F)C(F)(F)C(F)(F)C(F)(F)C(F)(F)C(F)(F)C(F)(F)F)CCC(F)(F)C(F)(F)C(F)(F)C(F)(F)C(F)(F)C(F)(F)C(F)(F)C(F)(F)F. The van der Waals surface area contributed by atoms with E-state index in [1.165, 1.54) is 0 Å². The predicted molar refractivity (Wildman–Crippen MR) is 140 cm³/mol. The topological polar surface area (TPSA) is 115 Å². The van der Waals surface area contributed by atoms with Crippen LogP contribution in [0.3, 0.4) is 0 Å². The van der Waals surface area contributed by atoms with E-state index in [-0.39, 0.29) is 0 Å². The average Bonchev–Trinajstić information content (AvgIpc) is 3.11. The summed E-state index contributed by atoms with van der Waals surface area (Å²) in [6.45, 7) is -6.48. The highest BCUT2D eigenvalue weighted by Gasteiger charge is 2.97. The van der Waals surface area contributed by atoms with Crippen LogP contribution in [0, 0.1) is 0 Å². The zero-order chi connectivity index (χ0) is 57.9. The third kappa shape index (κ3) is 10.9. The lowest BCUT2D eigenvalue weighted by molar-refractivity contribution is -0.462. The van der Waals surface area contributed by atoms with Gasteiger partial charge in [0.2, 0.25) is 0 Å². The number of alkyl halides is 37. The molecule has 0 heterocycles. The van der Waals surface area contributed by atoms with Crippen LogP contribution >= 0.6 is 0 Å². The second-order valence-corrected chi connectivity index (χ2v) is 13.1. The van der Waals surface area contributed by atoms with Gasteiger partial charge in [-0.1, -0.05) is 0 Å². The maximum absolute atomic E-state index is 14.4. The lowest BCUT2D eigenvalue weighted by Crippen LogP contribution is -2.74. The van der Waals surface area contributed by atoms with E-state index < -0.39 is 163 Å². The number of halogens is 37. The van der Waals surface area contributed by atoms with E-state index in [0.717, 1.165) is 0 Å². The maximum atomic E-state index is 14.4. The van der Waals surface area contributed by atoms with Gasteiger partial charge >= 0.3 is 119 Å². The Labute approximate surface area is 356 Å². The molecule has 0 aromatic heterocycles. The van der Waals surface area contributed by atoms with Crippen molar-refractivity contribution in [1.29, 1.82) is 0 Å². The van der Waals surface area contributed by atoms with Crippen molar-refractivity contribution in [3.05, 3.63) is 0 Å². The summed E-state index contributed by atoms with van der Waals surface area (Å²) in [6, 6.07) is -3.76. The molecule has 0 aliphatic heterocycles. The van der Waals surface area contributed by atoms with Gasteiger partial charge < -0.3 is 15.3 Å². The molecule has 0 saturated carbocycles. The molecule has 0 bridgehead atoms. The van der Waals surface area contributed by atoms with Gasteiger partial charge in [-0.2, -0.15) is 162 Å². The number of carboxylic acid groups (broad SMARTS) is 3. The summed E-state index contributed by atoms with van der Waals surface area (Å²) in [6.07, 6.45) is -31.9. The first-order valence-corrected chi connectivity index (χ1v) is 15.7. The molecule has 70 heavy (non-hydrogen) atoms. The molecule has 0 aliphatic carbocycles. The molecule has 418 valence electrons. The van der Waals surface area contributed by atoms with Crippen molar-refractivity contribution in [3.8, 4) is 0 Å². The Morgan fingerprint density at radius 3 is 0.671 bits per heavy atom. The summed E-state index contributed by atoms with van der Waals surface area (Å²) in [5.41, 5.74) is 0. The molecule has 1 atom stereocenters. The first-order valence-electron chi connectivity index (χ1n) is 15.7. The second-order valence-electron chi connectivity index (χ2n) is 13.1. The van der Waals surface area contributed by atoms with Crippen LogP contribution in [0.25, 0.3) is 0 Å². The van der Waals surface area contributed by atoms with Gasteiger partial charge in [0, 0.05) is 25.9 Å². The molecule has 7 nitrogen and oxygen atoms in total. The zero-order valence-corrected chi connectivity index (χ0v) is 31.1. The van der Waals surface area contributed by atoms with E-state index in [4.69, 9.17) is 20.1 Å². The Morgan fingerprint density at radius 2 is 0.514 bits per heavy atom. The Morgan fingerprint density at radius 1 is 0.329 bits per heavy atom. The zero-order valence-electron chi connectivity index (χ0n) is 31.1. The summed E-state index contributed by atoms with van der Waals surface area (Å²) in [7, 11) is 0. The van der Waals surface area contributed by atoms with E-state index in [1.807, 2.05) is 0 Å². The van der Waals surface area contributed by atoms with E-state index in [0.29, 0.717) is 0 Å². The quantitative estimate of drug-likeness (QED) is 0.0925. The third-order valence-electron chi connectivity index (χ3n) is 8.34. The molecule has 0 amide bonds. The smallest absolute Gasteiger partial charge is 0.481 e. The molecule has 44 heteroatoms. The highest BCUT2D eigenvalue weighted by atomic mass is 19.5. The standard InChI is InChI=1S/C24H13F34NO4.C2HF3O2/c25-9(26,11(29,30)13(33,34)15(37,38)17(41,42)19(45,46)21(49,50)23(53,54)55)1-3-59(6(8(62)63)5-7(60)61)4-2-10(27,28)12(31,32)14(35,36)16(39,40)18(43,44)20(47,48)22(51,52)24(56,57)58;3-2(4,5)1(6)7/h6H,1-5H2,(H,60,61)(H,62,63);(H,6,7)/t6-;/m0./s1. The monoisotopic (exact) mass is 1140 g/mol. The summed E-state index contributed by atoms with van der Waals surface area (Å²) in [5, 5.41) is 24.8. The van der Waals surface area contributed by atoms with Crippen molar-refractivity contribution in [1.82, 2.24) is 4.90 Å². The van der Waals surface area contributed by atoms with Gasteiger partial charge in [0.05, 0.1) is 6.42 Å². The lowest BCUT2D eigenvalue weighted by Gasteiger charge is -2.43. The fraction of sp³-hybridized carbons (Fsp3) is 0.885. The minimum Gasteiger partial charge on any atom is -0.481 e. The average molecular weight is 1140 g/mol. The van der Waals surface area contributed by atoms with Crippen LogP contribution in [0.5, 0.6) is 0 Å². The number of hydrogen-bond acceptors (Lipinski definition) is 4. The Balaban J connectivity index is 0. The van der Waals surface area contributed by atoms with Crippen LogP contribution in [-0.2, 0) is 14.4 Å². The molecular weight excluding hydrogens is 1130 g/mol. The van der Waals surface area contributed by atoms with E-state index >= 15 is 0 Å². The third-order valence-corrected chi connectivity index (χ3v) is 8.34. The van der Waals surface area contributed by atoms with Gasteiger partial charge in [-0.25, -0.2) is 4.79 Å². The van der Waals surface area contributed by atoms with Gasteiger partial charge in [0.25, 0.3) is 0 Å². The van der Waals surface area contributed by atoms with Crippen LogP contribution in [0.15, 0.2) is 0 Å². The highest BCUT2D eigenvalue weighted by Crippen LogP contribution is 2.66. The number of nitrogens with zero attached hydrogens (tertiary/aromatic N) is 1. The molecular formula is C26H14F37NO6. The number of carbonyl (C=O) groups is 3. The van der Waals surface area contributed by atoms with Crippen LogP contribution in [0.1, 0.15) is 19.3 Å². The lowest BCUT2D eigenvalue weighted by atomic mass is 9.88. The minimum absolute atomic E-state index is 1.46. The molecule has 0 aromatic carbocycles. The molecule has 3 N–H and O–H groups in total. The number of rotatable bonds is 22. The molecule has 0 aromatic rings. The van der Waals surface area contributed by atoms with Crippen molar-refractivity contribution in [2.24, 2.45) is 0 Å². The van der Waals surface area contributed by atoms with Crippen LogP contribution in [-0.4, -0.2) is 159 Å². The van der Waals surface area contributed by atoms with E-state index in [2.05, 4.69) is 0 Å². The molecule has 0 aliphatic rings. The molecule has 0 saturated heterocycles. The summed E-state index contributed by atoms with van der Waals surface area (Å²) < 4.78 is 492. The van der Waals surface area contributed by atoms with Crippen molar-refractivity contribution < 1.29 is 192 Å². The van der Waals surface area contributed by atoms with E-state index in [1.54, 1.807) is 0 Å². The fourth-order valence-corrected chi connectivity index (χ4v) is 4.24. The summed E-state index contributed by atoms with van der Waals surface area (Å²) in [5.74, 6) is -132. The van der Waals surface area contributed by atoms with Gasteiger partial charge in [-0.05, 0) is 0 Å². The van der Waals surface area contributed by atoms with Gasteiger partial charge in [0.15, 0.2) is 0 Å². The molecule has 0 spiro atoms. The Kier molecular flexibility index (Phi) is 18.4. The van der Waals surface area contributed by atoms with Crippen LogP contribution in [0.2, 0.25) is 0 Å². The normalized spacial score (nSPS) is 16.2. The number of hydrogen-bond donors (Lipinski definition) is 3. The van der Waals surface area contributed by atoms with Crippen molar-refractivity contribution in [2.75, 3.05) is 13.1 Å². The summed E-state index contributed by atoms with van der Waals surface area (Å²) in [4.78, 5) is 29.8.